The quantitative estimate of drug-likeness (QED) is 0.613. The Morgan fingerprint density at radius 1 is 1.17 bits per heavy atom. The van der Waals surface area contributed by atoms with Gasteiger partial charge in [-0.3, -0.25) is 19.3 Å². The molecule has 2 N–H and O–H groups in total. The van der Waals surface area contributed by atoms with Gasteiger partial charge in [0.15, 0.2) is 18.1 Å². The molecular weight excluding hydrogens is 460 g/mol. The van der Waals surface area contributed by atoms with E-state index in [0.29, 0.717) is 22.0 Å². The highest BCUT2D eigenvalue weighted by Crippen LogP contribution is 2.35. The van der Waals surface area contributed by atoms with Gasteiger partial charge in [-0.1, -0.05) is 34.1 Å². The topological polar surface area (TPSA) is 98.9 Å². The van der Waals surface area contributed by atoms with Crippen molar-refractivity contribution >= 4 is 50.8 Å². The fraction of sp³-hybridized carbons (Fsp3) is 0.150. The van der Waals surface area contributed by atoms with Gasteiger partial charge in [-0.05, 0) is 53.2 Å². The molecule has 2 aromatic carbocycles. The largest absolute Gasteiger partial charge is 0.493 e. The standard InChI is InChI=1S/C20H17BrN2O5S/c1-27-16-8-13(4-7-15(16)28-11-18(22)24)9-17-19(25)23(20(26)29-17)10-12-2-5-14(21)6-3-12/h2-9H,10-11H2,1H3,(H2,22,24)/b17-9-. The number of thioether (sulfide) groups is 1. The number of ether oxygens (including phenoxy) is 2. The van der Waals surface area contributed by atoms with E-state index in [4.69, 9.17) is 15.2 Å². The number of halogens is 1. The van der Waals surface area contributed by atoms with Gasteiger partial charge in [0.25, 0.3) is 17.1 Å². The number of hydrogen-bond donors (Lipinski definition) is 1. The number of nitrogens with zero attached hydrogens (tertiary/aromatic N) is 1. The molecular formula is C20H17BrN2O5S. The number of imide groups is 1. The average molecular weight is 477 g/mol. The van der Waals surface area contributed by atoms with Crippen molar-refractivity contribution in [3.8, 4) is 11.5 Å². The van der Waals surface area contributed by atoms with Crippen molar-refractivity contribution in [1.29, 1.82) is 0 Å². The second-order valence-electron chi connectivity index (χ2n) is 6.06. The minimum atomic E-state index is -0.601. The molecule has 1 heterocycles. The van der Waals surface area contributed by atoms with Crippen molar-refractivity contribution < 1.29 is 23.9 Å². The predicted octanol–water partition coefficient (Wildman–Crippen LogP) is 3.56. The number of methoxy groups -OCH3 is 1. The van der Waals surface area contributed by atoms with Crippen LogP contribution in [0.3, 0.4) is 0 Å². The number of amides is 3. The third kappa shape index (κ3) is 5.18. The summed E-state index contributed by atoms with van der Waals surface area (Å²) >= 11 is 4.25. The number of carbonyl (C=O) groups is 3. The number of hydrogen-bond acceptors (Lipinski definition) is 6. The molecule has 0 unspecified atom stereocenters. The van der Waals surface area contributed by atoms with Gasteiger partial charge < -0.3 is 15.2 Å². The molecule has 0 spiro atoms. The van der Waals surface area contributed by atoms with E-state index < -0.39 is 5.91 Å². The number of primary amides is 1. The van der Waals surface area contributed by atoms with Gasteiger partial charge in [0.05, 0.1) is 18.6 Å². The molecule has 9 heteroatoms. The molecule has 1 saturated heterocycles. The van der Waals surface area contributed by atoms with Gasteiger partial charge in [0, 0.05) is 4.47 Å². The molecule has 0 atom stereocenters. The second kappa shape index (κ2) is 9.15. The monoisotopic (exact) mass is 476 g/mol. The third-order valence-corrected chi connectivity index (χ3v) is 5.42. The van der Waals surface area contributed by atoms with Crippen LogP contribution in [0.4, 0.5) is 4.79 Å². The average Bonchev–Trinajstić information content (AvgIpc) is 2.95. The highest BCUT2D eigenvalue weighted by atomic mass is 79.9. The van der Waals surface area contributed by atoms with E-state index in [1.54, 1.807) is 24.3 Å². The Kier molecular flexibility index (Phi) is 6.60. The fourth-order valence-electron chi connectivity index (χ4n) is 2.60. The van der Waals surface area contributed by atoms with Crippen molar-refractivity contribution in [2.24, 2.45) is 5.73 Å². The molecule has 1 aliphatic rings. The summed E-state index contributed by atoms with van der Waals surface area (Å²) in [7, 11) is 1.46. The van der Waals surface area contributed by atoms with Crippen LogP contribution in [-0.4, -0.2) is 35.7 Å². The summed E-state index contributed by atoms with van der Waals surface area (Å²) in [5.41, 5.74) is 6.59. The van der Waals surface area contributed by atoms with Gasteiger partial charge in [0.1, 0.15) is 0 Å². The maximum Gasteiger partial charge on any atom is 0.293 e. The van der Waals surface area contributed by atoms with Crippen molar-refractivity contribution in [1.82, 2.24) is 4.90 Å². The van der Waals surface area contributed by atoms with E-state index in [0.717, 1.165) is 21.8 Å². The van der Waals surface area contributed by atoms with Crippen molar-refractivity contribution in [2.45, 2.75) is 6.54 Å². The van der Waals surface area contributed by atoms with Gasteiger partial charge in [-0.25, -0.2) is 0 Å². The lowest BCUT2D eigenvalue weighted by atomic mass is 10.1. The Hall–Kier alpha value is -2.78. The Morgan fingerprint density at radius 2 is 1.90 bits per heavy atom. The van der Waals surface area contributed by atoms with Crippen LogP contribution >= 0.6 is 27.7 Å². The number of carbonyl (C=O) groups excluding carboxylic acids is 3. The van der Waals surface area contributed by atoms with Gasteiger partial charge in [-0.2, -0.15) is 0 Å². The lowest BCUT2D eigenvalue weighted by Gasteiger charge is -2.12. The molecule has 150 valence electrons. The van der Waals surface area contributed by atoms with E-state index in [-0.39, 0.29) is 24.3 Å². The Labute approximate surface area is 180 Å². The normalized spacial score (nSPS) is 15.1. The van der Waals surface area contributed by atoms with E-state index in [1.165, 1.54) is 12.0 Å². The molecule has 0 aromatic heterocycles. The first-order valence-corrected chi connectivity index (χ1v) is 10.1. The van der Waals surface area contributed by atoms with Crippen LogP contribution in [0.15, 0.2) is 51.8 Å². The van der Waals surface area contributed by atoms with E-state index >= 15 is 0 Å². The number of nitrogens with two attached hydrogens (primary N) is 1. The van der Waals surface area contributed by atoms with Crippen LogP contribution in [0.25, 0.3) is 6.08 Å². The molecule has 0 saturated carbocycles. The zero-order valence-electron chi connectivity index (χ0n) is 15.4. The fourth-order valence-corrected chi connectivity index (χ4v) is 3.70. The summed E-state index contributed by atoms with van der Waals surface area (Å²) < 4.78 is 11.5. The van der Waals surface area contributed by atoms with Crippen molar-refractivity contribution in [3.63, 3.8) is 0 Å². The lowest BCUT2D eigenvalue weighted by molar-refractivity contribution is -0.123. The van der Waals surface area contributed by atoms with Crippen LogP contribution in [0.1, 0.15) is 11.1 Å². The summed E-state index contributed by atoms with van der Waals surface area (Å²) in [6.45, 7) is -0.0663. The Bertz CT molecular complexity index is 991. The first-order valence-electron chi connectivity index (χ1n) is 8.46. The summed E-state index contributed by atoms with van der Waals surface area (Å²) in [4.78, 5) is 37.4. The summed E-state index contributed by atoms with van der Waals surface area (Å²) in [6, 6.07) is 12.4. The molecule has 0 bridgehead atoms. The van der Waals surface area contributed by atoms with Crippen LogP contribution in [-0.2, 0) is 16.1 Å². The first kappa shape index (κ1) is 20.9. The second-order valence-corrected chi connectivity index (χ2v) is 7.97. The van der Waals surface area contributed by atoms with E-state index in [1.807, 2.05) is 24.3 Å². The van der Waals surface area contributed by atoms with Crippen LogP contribution in [0.2, 0.25) is 0 Å². The third-order valence-electron chi connectivity index (χ3n) is 3.98. The van der Waals surface area contributed by atoms with Crippen molar-refractivity contribution in [3.05, 3.63) is 63.0 Å². The molecule has 3 amide bonds. The molecule has 0 radical (unpaired) electrons. The molecule has 3 rings (SSSR count). The minimum absolute atomic E-state index is 0.207. The maximum absolute atomic E-state index is 12.7. The maximum atomic E-state index is 12.7. The number of benzene rings is 2. The SMILES string of the molecule is COc1cc(/C=C2\SC(=O)N(Cc3ccc(Br)cc3)C2=O)ccc1OCC(N)=O. The smallest absolute Gasteiger partial charge is 0.293 e. The zero-order valence-corrected chi connectivity index (χ0v) is 17.8. The van der Waals surface area contributed by atoms with E-state index in [2.05, 4.69) is 15.9 Å². The van der Waals surface area contributed by atoms with Crippen LogP contribution < -0.4 is 15.2 Å². The summed E-state index contributed by atoms with van der Waals surface area (Å²) in [5, 5.41) is -0.322. The predicted molar refractivity (Wildman–Crippen MR) is 113 cm³/mol. The van der Waals surface area contributed by atoms with Crippen molar-refractivity contribution in [2.75, 3.05) is 13.7 Å². The molecule has 2 aromatic rings. The Morgan fingerprint density at radius 3 is 2.55 bits per heavy atom. The van der Waals surface area contributed by atoms with Gasteiger partial charge >= 0.3 is 0 Å². The van der Waals surface area contributed by atoms with Crippen LogP contribution in [0.5, 0.6) is 11.5 Å². The Balaban J connectivity index is 1.78. The number of rotatable bonds is 7. The highest BCUT2D eigenvalue weighted by Gasteiger charge is 2.35. The molecule has 1 fully saturated rings. The minimum Gasteiger partial charge on any atom is -0.493 e. The van der Waals surface area contributed by atoms with Gasteiger partial charge in [-0.15, -0.1) is 0 Å². The lowest BCUT2D eigenvalue weighted by Crippen LogP contribution is -2.27. The molecule has 7 nitrogen and oxygen atoms in total. The first-order chi connectivity index (χ1) is 13.9. The molecule has 1 aliphatic heterocycles. The van der Waals surface area contributed by atoms with E-state index in [9.17, 15) is 14.4 Å². The summed E-state index contributed by atoms with van der Waals surface area (Å²) in [6.07, 6.45) is 1.62. The molecule has 29 heavy (non-hydrogen) atoms. The highest BCUT2D eigenvalue weighted by molar-refractivity contribution is 9.10. The van der Waals surface area contributed by atoms with Gasteiger partial charge in [0.2, 0.25) is 0 Å². The molecule has 0 aliphatic carbocycles. The van der Waals surface area contributed by atoms with Crippen LogP contribution in [0, 0.1) is 0 Å². The summed E-state index contributed by atoms with van der Waals surface area (Å²) in [5.74, 6) is -0.215. The zero-order chi connectivity index (χ0) is 21.0.